The minimum absolute atomic E-state index is 0.0931. The molecule has 0 aliphatic rings. The van der Waals surface area contributed by atoms with Crippen LogP contribution in [0.15, 0.2) is 24.3 Å². The summed E-state index contributed by atoms with van der Waals surface area (Å²) in [4.78, 5) is 11.7. The molecule has 0 saturated heterocycles. The van der Waals surface area contributed by atoms with Crippen LogP contribution in [0.4, 0.5) is 0 Å². The van der Waals surface area contributed by atoms with Crippen molar-refractivity contribution in [2.75, 3.05) is 0 Å². The minimum atomic E-state index is -0.888. The fraction of sp³-hybridized carbons (Fsp3) is 0.412. The van der Waals surface area contributed by atoms with Crippen LogP contribution in [0.1, 0.15) is 60.4 Å². The zero-order valence-corrected chi connectivity index (χ0v) is 13.1. The molecule has 0 spiro atoms. The molecule has 2 rings (SSSR count). The van der Waals surface area contributed by atoms with Crippen LogP contribution in [0.5, 0.6) is 0 Å². The molecule has 0 fully saturated rings. The van der Waals surface area contributed by atoms with Gasteiger partial charge in [0.1, 0.15) is 5.56 Å². The van der Waals surface area contributed by atoms with E-state index >= 15 is 0 Å². The predicted molar refractivity (Wildman–Crippen MR) is 83.3 cm³/mol. The maximum absolute atomic E-state index is 11.7. The van der Waals surface area contributed by atoms with Gasteiger partial charge in [0, 0.05) is 0 Å². The number of hydrogen-bond donors (Lipinski definition) is 1. The minimum Gasteiger partial charge on any atom is -0.478 e. The number of benzene rings is 1. The van der Waals surface area contributed by atoms with E-state index in [0.29, 0.717) is 17.7 Å². The summed E-state index contributed by atoms with van der Waals surface area (Å²) in [6.45, 7) is 8.07. The van der Waals surface area contributed by atoms with Gasteiger partial charge in [-0.2, -0.15) is 5.10 Å². The summed E-state index contributed by atoms with van der Waals surface area (Å²) < 4.78 is 1.79. The van der Waals surface area contributed by atoms with Gasteiger partial charge in [-0.15, -0.1) is 0 Å². The molecule has 21 heavy (non-hydrogen) atoms. The van der Waals surface area contributed by atoms with Crippen LogP contribution in [0.2, 0.25) is 0 Å². The second kappa shape index (κ2) is 6.12. The Morgan fingerprint density at radius 1 is 1.29 bits per heavy atom. The van der Waals surface area contributed by atoms with E-state index < -0.39 is 5.97 Å². The number of carbonyl (C=O) groups is 1. The largest absolute Gasteiger partial charge is 0.478 e. The molecule has 0 amide bonds. The van der Waals surface area contributed by atoms with Crippen molar-refractivity contribution in [1.82, 2.24) is 9.78 Å². The molecule has 0 atom stereocenters. The molecule has 2 aromatic rings. The highest BCUT2D eigenvalue weighted by Gasteiger charge is 2.25. The van der Waals surface area contributed by atoms with E-state index in [-0.39, 0.29) is 5.92 Å². The molecular weight excluding hydrogens is 264 g/mol. The summed E-state index contributed by atoms with van der Waals surface area (Å²) in [5, 5.41) is 14.2. The fourth-order valence-electron chi connectivity index (χ4n) is 2.54. The average molecular weight is 286 g/mol. The van der Waals surface area contributed by atoms with Crippen LogP contribution in [-0.2, 0) is 6.42 Å². The first-order valence-corrected chi connectivity index (χ1v) is 7.37. The third-order valence-corrected chi connectivity index (χ3v) is 3.52. The van der Waals surface area contributed by atoms with Crippen molar-refractivity contribution < 1.29 is 9.90 Å². The second-order valence-electron chi connectivity index (χ2n) is 5.66. The van der Waals surface area contributed by atoms with Gasteiger partial charge < -0.3 is 5.11 Å². The molecule has 4 nitrogen and oxygen atoms in total. The lowest BCUT2D eigenvalue weighted by Gasteiger charge is -2.11. The van der Waals surface area contributed by atoms with Crippen molar-refractivity contribution in [2.24, 2.45) is 0 Å². The quantitative estimate of drug-likeness (QED) is 0.905. The summed E-state index contributed by atoms with van der Waals surface area (Å²) in [7, 11) is 0. The Kier molecular flexibility index (Phi) is 4.46. The molecule has 1 aromatic carbocycles. The maximum Gasteiger partial charge on any atom is 0.339 e. The topological polar surface area (TPSA) is 55.1 Å². The molecule has 0 aliphatic carbocycles. The Balaban J connectivity index is 2.67. The zero-order chi connectivity index (χ0) is 15.6. The van der Waals surface area contributed by atoms with Gasteiger partial charge >= 0.3 is 5.97 Å². The summed E-state index contributed by atoms with van der Waals surface area (Å²) in [5.74, 6) is -0.795. The molecule has 0 radical (unpaired) electrons. The normalized spacial score (nSPS) is 11.1. The molecule has 0 bridgehead atoms. The molecule has 4 heteroatoms. The monoisotopic (exact) mass is 286 g/mol. The van der Waals surface area contributed by atoms with Crippen molar-refractivity contribution >= 4 is 5.97 Å². The van der Waals surface area contributed by atoms with Gasteiger partial charge in [-0.25, -0.2) is 9.48 Å². The average Bonchev–Trinajstić information content (AvgIpc) is 2.79. The van der Waals surface area contributed by atoms with E-state index in [1.54, 1.807) is 4.68 Å². The number of carboxylic acids is 1. The first-order chi connectivity index (χ1) is 9.95. The number of aryl methyl sites for hydroxylation is 2. The summed E-state index contributed by atoms with van der Waals surface area (Å²) >= 11 is 0. The lowest BCUT2D eigenvalue weighted by molar-refractivity contribution is 0.0694. The fourth-order valence-corrected chi connectivity index (χ4v) is 2.54. The van der Waals surface area contributed by atoms with Crippen molar-refractivity contribution in [3.05, 3.63) is 46.8 Å². The van der Waals surface area contributed by atoms with E-state index in [1.165, 1.54) is 5.56 Å². The van der Waals surface area contributed by atoms with Crippen LogP contribution >= 0.6 is 0 Å². The van der Waals surface area contributed by atoms with Crippen molar-refractivity contribution in [3.63, 3.8) is 0 Å². The SMILES string of the molecule is CCCc1nn(-c2ccc(C)cc2)c(C(C)C)c1C(=O)O. The second-order valence-corrected chi connectivity index (χ2v) is 5.66. The first kappa shape index (κ1) is 15.3. The van der Waals surface area contributed by atoms with E-state index in [2.05, 4.69) is 5.10 Å². The Labute approximate surface area is 125 Å². The van der Waals surface area contributed by atoms with Crippen LogP contribution < -0.4 is 0 Å². The lowest BCUT2D eigenvalue weighted by atomic mass is 10.0. The lowest BCUT2D eigenvalue weighted by Crippen LogP contribution is -2.08. The van der Waals surface area contributed by atoms with Gasteiger partial charge in [0.25, 0.3) is 0 Å². The Morgan fingerprint density at radius 3 is 2.38 bits per heavy atom. The molecule has 112 valence electrons. The van der Waals surface area contributed by atoms with Crippen LogP contribution in [0.3, 0.4) is 0 Å². The van der Waals surface area contributed by atoms with E-state index in [1.807, 2.05) is 52.0 Å². The number of aromatic carboxylic acids is 1. The van der Waals surface area contributed by atoms with Gasteiger partial charge in [0.15, 0.2) is 0 Å². The third kappa shape index (κ3) is 2.99. The first-order valence-electron chi connectivity index (χ1n) is 7.37. The molecule has 1 N–H and O–H groups in total. The third-order valence-electron chi connectivity index (χ3n) is 3.52. The standard InChI is InChI=1S/C17H22N2O2/c1-5-6-14-15(17(20)21)16(11(2)3)19(18-14)13-9-7-12(4)8-10-13/h7-11H,5-6H2,1-4H3,(H,20,21). The number of rotatable bonds is 5. The molecular formula is C17H22N2O2. The van der Waals surface area contributed by atoms with Crippen molar-refractivity contribution in [3.8, 4) is 5.69 Å². The highest BCUT2D eigenvalue weighted by molar-refractivity contribution is 5.90. The number of hydrogen-bond acceptors (Lipinski definition) is 2. The van der Waals surface area contributed by atoms with Gasteiger partial charge in [-0.3, -0.25) is 0 Å². The predicted octanol–water partition coefficient (Wildman–Crippen LogP) is 3.95. The molecule has 0 aliphatic heterocycles. The zero-order valence-electron chi connectivity index (χ0n) is 13.1. The molecule has 0 unspecified atom stereocenters. The Hall–Kier alpha value is -2.10. The summed E-state index contributed by atoms with van der Waals surface area (Å²) in [6.07, 6.45) is 1.56. The number of aromatic nitrogens is 2. The van der Waals surface area contributed by atoms with Gasteiger partial charge in [-0.05, 0) is 31.4 Å². The highest BCUT2D eigenvalue weighted by atomic mass is 16.4. The van der Waals surface area contributed by atoms with Crippen molar-refractivity contribution in [1.29, 1.82) is 0 Å². The van der Waals surface area contributed by atoms with Crippen molar-refractivity contribution in [2.45, 2.75) is 46.5 Å². The summed E-state index contributed by atoms with van der Waals surface area (Å²) in [5.41, 5.74) is 3.90. The highest BCUT2D eigenvalue weighted by Crippen LogP contribution is 2.27. The summed E-state index contributed by atoms with van der Waals surface area (Å²) in [6, 6.07) is 7.99. The number of nitrogens with zero attached hydrogens (tertiary/aromatic N) is 2. The Bertz CT molecular complexity index is 640. The molecule has 1 heterocycles. The van der Waals surface area contributed by atoms with E-state index in [4.69, 9.17) is 0 Å². The van der Waals surface area contributed by atoms with Crippen LogP contribution in [-0.4, -0.2) is 20.9 Å². The molecule has 1 aromatic heterocycles. The maximum atomic E-state index is 11.7. The van der Waals surface area contributed by atoms with E-state index in [0.717, 1.165) is 17.8 Å². The number of carboxylic acid groups (broad SMARTS) is 1. The van der Waals surface area contributed by atoms with Crippen LogP contribution in [0, 0.1) is 6.92 Å². The molecule has 0 saturated carbocycles. The van der Waals surface area contributed by atoms with E-state index in [9.17, 15) is 9.90 Å². The Morgan fingerprint density at radius 2 is 1.90 bits per heavy atom. The van der Waals surface area contributed by atoms with Gasteiger partial charge in [0.05, 0.1) is 17.1 Å². The van der Waals surface area contributed by atoms with Gasteiger partial charge in [-0.1, -0.05) is 44.9 Å². The van der Waals surface area contributed by atoms with Crippen LogP contribution in [0.25, 0.3) is 5.69 Å². The smallest absolute Gasteiger partial charge is 0.339 e. The van der Waals surface area contributed by atoms with Gasteiger partial charge in [0.2, 0.25) is 0 Å².